The number of thiocarbonyl (C=S) groups is 1. The summed E-state index contributed by atoms with van der Waals surface area (Å²) in [6, 6.07) is 16.9. The van der Waals surface area contributed by atoms with E-state index in [1.165, 1.54) is 0 Å². The Morgan fingerprint density at radius 3 is 2.45 bits per heavy atom. The molecule has 0 saturated heterocycles. The Morgan fingerprint density at radius 1 is 0.947 bits per heavy atom. The largest absolute Gasteiger partial charge is 0.504 e. The molecule has 200 valence electrons. The van der Waals surface area contributed by atoms with Crippen molar-refractivity contribution >= 4 is 33.9 Å². The molecular weight excluding hydrogens is 502 g/mol. The van der Waals surface area contributed by atoms with E-state index in [1.807, 2.05) is 61.7 Å². The van der Waals surface area contributed by atoms with Gasteiger partial charge in [-0.05, 0) is 79.2 Å². The number of nitrogens with zero attached hydrogens (tertiary/aromatic N) is 1. The summed E-state index contributed by atoms with van der Waals surface area (Å²) >= 11 is 5.89. The Kier molecular flexibility index (Phi) is 8.81. The van der Waals surface area contributed by atoms with E-state index in [4.69, 9.17) is 31.2 Å². The number of benzene rings is 3. The molecule has 0 aliphatic heterocycles. The van der Waals surface area contributed by atoms with Crippen molar-refractivity contribution in [3.63, 3.8) is 0 Å². The van der Waals surface area contributed by atoms with Crippen LogP contribution in [0.5, 0.6) is 28.7 Å². The normalized spacial score (nSPS) is 10.7. The van der Waals surface area contributed by atoms with Gasteiger partial charge in [-0.3, -0.25) is 0 Å². The maximum atomic E-state index is 10.2. The molecule has 0 aliphatic carbocycles. The molecule has 3 aromatic carbocycles. The van der Waals surface area contributed by atoms with Crippen LogP contribution in [-0.2, 0) is 13.0 Å². The first-order valence-corrected chi connectivity index (χ1v) is 12.7. The van der Waals surface area contributed by atoms with E-state index in [0.29, 0.717) is 42.1 Å². The lowest BCUT2D eigenvalue weighted by molar-refractivity contribution is 0.317. The Morgan fingerprint density at radius 2 is 1.71 bits per heavy atom. The molecule has 3 N–H and O–H groups in total. The number of phenolic OH excluding ortho intramolecular Hbond substituents is 1. The number of nitrogens with one attached hydrogen (secondary N) is 2. The minimum absolute atomic E-state index is 0.110. The lowest BCUT2D eigenvalue weighted by Crippen LogP contribution is -2.36. The first-order chi connectivity index (χ1) is 18.4. The third-order valence-corrected chi connectivity index (χ3v) is 6.62. The summed E-state index contributed by atoms with van der Waals surface area (Å²) in [5.41, 5.74) is 3.91. The van der Waals surface area contributed by atoms with E-state index in [2.05, 4.69) is 15.2 Å². The lowest BCUT2D eigenvalue weighted by atomic mass is 10.1. The number of aromatic amines is 1. The second-order valence-electron chi connectivity index (χ2n) is 8.63. The van der Waals surface area contributed by atoms with Gasteiger partial charge in [-0.2, -0.15) is 0 Å². The zero-order valence-corrected chi connectivity index (χ0v) is 22.9. The predicted molar refractivity (Wildman–Crippen MR) is 154 cm³/mol. The first-order valence-electron chi connectivity index (χ1n) is 12.3. The average Bonchev–Trinajstić information content (AvgIpc) is 3.35. The van der Waals surface area contributed by atoms with Crippen LogP contribution in [0.3, 0.4) is 0 Å². The van der Waals surface area contributed by atoms with E-state index in [1.54, 1.807) is 27.4 Å². The van der Waals surface area contributed by atoms with Gasteiger partial charge in [0.1, 0.15) is 17.2 Å². The van der Waals surface area contributed by atoms with Crippen LogP contribution in [0.1, 0.15) is 18.1 Å². The molecular formula is C29H33N3O5S. The average molecular weight is 536 g/mol. The summed E-state index contributed by atoms with van der Waals surface area (Å²) in [4.78, 5) is 5.42. The van der Waals surface area contributed by atoms with E-state index in [0.717, 1.165) is 39.9 Å². The number of rotatable bonds is 11. The van der Waals surface area contributed by atoms with Gasteiger partial charge in [0.15, 0.2) is 16.6 Å². The molecule has 0 atom stereocenters. The minimum atomic E-state index is 0.110. The number of phenols is 1. The van der Waals surface area contributed by atoms with E-state index in [-0.39, 0.29) is 5.75 Å². The fourth-order valence-electron chi connectivity index (χ4n) is 4.24. The number of aromatic hydroxyl groups is 1. The van der Waals surface area contributed by atoms with Crippen molar-refractivity contribution in [1.82, 2.24) is 9.88 Å². The molecule has 0 amide bonds. The van der Waals surface area contributed by atoms with Crippen LogP contribution in [-0.4, -0.2) is 54.6 Å². The van der Waals surface area contributed by atoms with Crippen molar-refractivity contribution in [2.75, 3.05) is 39.8 Å². The minimum Gasteiger partial charge on any atom is -0.504 e. The first kappa shape index (κ1) is 26.9. The van der Waals surface area contributed by atoms with Crippen molar-refractivity contribution in [1.29, 1.82) is 0 Å². The molecule has 4 rings (SSSR count). The number of H-pyrrole nitrogens is 1. The van der Waals surface area contributed by atoms with Crippen LogP contribution < -0.4 is 24.3 Å². The van der Waals surface area contributed by atoms with Crippen molar-refractivity contribution in [3.8, 4) is 28.7 Å². The summed E-state index contributed by atoms with van der Waals surface area (Å²) in [6.07, 6.45) is 2.77. The van der Waals surface area contributed by atoms with Gasteiger partial charge in [-0.25, -0.2) is 0 Å². The van der Waals surface area contributed by atoms with Crippen molar-refractivity contribution in [3.05, 3.63) is 71.9 Å². The number of hydrogen-bond acceptors (Lipinski definition) is 6. The summed E-state index contributed by atoms with van der Waals surface area (Å²) in [6.45, 7) is 3.49. The van der Waals surface area contributed by atoms with Crippen LogP contribution in [0.15, 0.2) is 60.8 Å². The number of aromatic nitrogens is 1. The summed E-state index contributed by atoms with van der Waals surface area (Å²) < 4.78 is 21.9. The lowest BCUT2D eigenvalue weighted by Gasteiger charge is -2.27. The third kappa shape index (κ3) is 6.23. The predicted octanol–water partition coefficient (Wildman–Crippen LogP) is 5.74. The van der Waals surface area contributed by atoms with Crippen LogP contribution >= 0.6 is 12.2 Å². The SMILES string of the molecule is CCOc1cc(CN(CCc2c[nH]c3ccc(OC)cc23)C(=S)Nc2ccc(OC)cc2OC)ccc1O. The van der Waals surface area contributed by atoms with Crippen LogP contribution in [0, 0.1) is 0 Å². The van der Waals surface area contributed by atoms with Gasteiger partial charge in [-0.15, -0.1) is 0 Å². The molecule has 0 spiro atoms. The van der Waals surface area contributed by atoms with Gasteiger partial charge >= 0.3 is 0 Å². The van der Waals surface area contributed by atoms with Crippen molar-refractivity contribution in [2.24, 2.45) is 0 Å². The van der Waals surface area contributed by atoms with Crippen LogP contribution in [0.25, 0.3) is 10.9 Å². The standard InChI is InChI=1S/C29H33N3O5S/c1-5-37-28-14-19(6-11-26(28)33)18-32(29(38)31-25-10-8-22(35-3)16-27(25)36-4)13-12-20-17-30-24-9-7-21(34-2)15-23(20)24/h6-11,14-17,30,33H,5,12-13,18H2,1-4H3,(H,31,38). The Balaban J connectivity index is 1.60. The van der Waals surface area contributed by atoms with Gasteiger partial charge in [0.05, 0.1) is 33.6 Å². The third-order valence-electron chi connectivity index (χ3n) is 6.26. The van der Waals surface area contributed by atoms with E-state index < -0.39 is 0 Å². The maximum absolute atomic E-state index is 10.2. The van der Waals surface area contributed by atoms with E-state index in [9.17, 15) is 5.11 Å². The second kappa shape index (κ2) is 12.4. The number of methoxy groups -OCH3 is 3. The fourth-order valence-corrected chi connectivity index (χ4v) is 4.51. The molecule has 1 aromatic heterocycles. The second-order valence-corrected chi connectivity index (χ2v) is 9.02. The summed E-state index contributed by atoms with van der Waals surface area (Å²) in [5.74, 6) is 2.69. The molecule has 0 aliphatic rings. The molecule has 38 heavy (non-hydrogen) atoms. The molecule has 0 saturated carbocycles. The highest BCUT2D eigenvalue weighted by atomic mass is 32.1. The highest BCUT2D eigenvalue weighted by Gasteiger charge is 2.16. The quantitative estimate of drug-likeness (QED) is 0.210. The molecule has 0 fully saturated rings. The maximum Gasteiger partial charge on any atom is 0.173 e. The molecule has 0 unspecified atom stereocenters. The number of fused-ring (bicyclic) bond motifs is 1. The monoisotopic (exact) mass is 535 g/mol. The number of hydrogen-bond donors (Lipinski definition) is 3. The van der Waals surface area contributed by atoms with Crippen LogP contribution in [0.4, 0.5) is 5.69 Å². The molecule has 0 bridgehead atoms. The Labute approximate surface area is 228 Å². The van der Waals surface area contributed by atoms with E-state index >= 15 is 0 Å². The Hall–Kier alpha value is -4.11. The highest BCUT2D eigenvalue weighted by molar-refractivity contribution is 7.80. The molecule has 9 heteroatoms. The molecule has 4 aromatic rings. The highest BCUT2D eigenvalue weighted by Crippen LogP contribution is 2.31. The van der Waals surface area contributed by atoms with Crippen molar-refractivity contribution in [2.45, 2.75) is 19.9 Å². The van der Waals surface area contributed by atoms with Gasteiger partial charge in [0.2, 0.25) is 0 Å². The number of anilines is 1. The molecule has 8 nitrogen and oxygen atoms in total. The Bertz CT molecular complexity index is 1400. The summed E-state index contributed by atoms with van der Waals surface area (Å²) in [5, 5.41) is 15.2. The number of ether oxygens (including phenoxy) is 4. The fraction of sp³-hybridized carbons (Fsp3) is 0.276. The molecule has 1 heterocycles. The smallest absolute Gasteiger partial charge is 0.173 e. The topological polar surface area (TPSA) is 88.2 Å². The zero-order chi connectivity index (χ0) is 27.1. The zero-order valence-electron chi connectivity index (χ0n) is 22.0. The van der Waals surface area contributed by atoms with Crippen molar-refractivity contribution < 1.29 is 24.1 Å². The molecule has 0 radical (unpaired) electrons. The van der Waals surface area contributed by atoms with Gasteiger partial charge in [0.25, 0.3) is 0 Å². The van der Waals surface area contributed by atoms with Gasteiger partial charge in [0, 0.05) is 36.3 Å². The van der Waals surface area contributed by atoms with Crippen LogP contribution in [0.2, 0.25) is 0 Å². The van der Waals surface area contributed by atoms with Gasteiger partial charge < -0.3 is 39.3 Å². The van der Waals surface area contributed by atoms with Gasteiger partial charge in [-0.1, -0.05) is 6.07 Å². The summed E-state index contributed by atoms with van der Waals surface area (Å²) in [7, 11) is 4.89.